The summed E-state index contributed by atoms with van der Waals surface area (Å²) in [5, 5.41) is 22.7. The first-order valence-corrected chi connectivity index (χ1v) is 9.30. The Bertz CT molecular complexity index is 1030. The lowest BCUT2D eigenvalue weighted by Gasteiger charge is -2.20. The molecule has 30 heavy (non-hydrogen) atoms. The highest BCUT2D eigenvalue weighted by Gasteiger charge is 2.21. The molecule has 3 rings (SSSR count). The van der Waals surface area contributed by atoms with Crippen molar-refractivity contribution < 1.29 is 14.7 Å². The highest BCUT2D eigenvalue weighted by atomic mass is 16.4. The number of hydrogen-bond acceptors (Lipinski definition) is 4. The summed E-state index contributed by atoms with van der Waals surface area (Å²) >= 11 is 0. The predicted octanol–water partition coefficient (Wildman–Crippen LogP) is 3.14. The van der Waals surface area contributed by atoms with Gasteiger partial charge in [-0.1, -0.05) is 42.5 Å². The Labute approximate surface area is 174 Å². The number of amidine groups is 1. The van der Waals surface area contributed by atoms with Crippen molar-refractivity contribution in [3.05, 3.63) is 101 Å². The number of nitrogens with two attached hydrogens (primary N) is 1. The van der Waals surface area contributed by atoms with Crippen molar-refractivity contribution >= 4 is 23.4 Å². The highest BCUT2D eigenvalue weighted by Crippen LogP contribution is 2.21. The van der Waals surface area contributed by atoms with Crippen LogP contribution in [-0.4, -0.2) is 22.8 Å². The average Bonchev–Trinajstić information content (AvgIpc) is 2.77. The molecule has 7 nitrogen and oxygen atoms in total. The fourth-order valence-electron chi connectivity index (χ4n) is 2.92. The third kappa shape index (κ3) is 5.23. The zero-order chi connectivity index (χ0) is 21.5. The molecule has 0 spiro atoms. The molecule has 0 saturated carbocycles. The molecule has 7 heteroatoms. The number of nitrogen functional groups attached to an aromatic ring is 1. The van der Waals surface area contributed by atoms with Crippen molar-refractivity contribution in [2.75, 3.05) is 5.32 Å². The Hall–Kier alpha value is -4.13. The second-order valence-corrected chi connectivity index (χ2v) is 6.70. The minimum Gasteiger partial charge on any atom is -0.478 e. The summed E-state index contributed by atoms with van der Waals surface area (Å²) in [6.45, 7) is 0.369. The molecule has 152 valence electrons. The van der Waals surface area contributed by atoms with Crippen molar-refractivity contribution in [3.63, 3.8) is 0 Å². The van der Waals surface area contributed by atoms with Crippen LogP contribution < -0.4 is 16.4 Å². The molecule has 0 bridgehead atoms. The minimum atomic E-state index is -1.03. The Morgan fingerprint density at radius 1 is 0.900 bits per heavy atom. The van der Waals surface area contributed by atoms with Gasteiger partial charge in [0.1, 0.15) is 11.9 Å². The Balaban J connectivity index is 1.82. The van der Waals surface area contributed by atoms with Gasteiger partial charge < -0.3 is 21.5 Å². The summed E-state index contributed by atoms with van der Waals surface area (Å²) in [6, 6.07) is 21.8. The van der Waals surface area contributed by atoms with Crippen molar-refractivity contribution in [1.29, 1.82) is 5.41 Å². The van der Waals surface area contributed by atoms with E-state index in [1.807, 2.05) is 30.3 Å². The van der Waals surface area contributed by atoms with Crippen LogP contribution in [0.2, 0.25) is 0 Å². The standard InChI is InChI=1S/C23H22N4O3/c24-21(25)17-10-12-19(13-11-17)27-20(16-6-8-18(9-7-16)23(29)30)22(28)26-14-15-4-2-1-3-5-15/h1-13,20,27H,14H2,(H3,24,25)(H,26,28)(H,29,30)/t20-/m1/s1. The van der Waals surface area contributed by atoms with Crippen molar-refractivity contribution in [1.82, 2.24) is 5.32 Å². The SMILES string of the molecule is N=C(N)c1ccc(N[C@@H](C(=O)NCc2ccccc2)c2ccc(C(=O)O)cc2)cc1. The highest BCUT2D eigenvalue weighted by molar-refractivity contribution is 5.95. The zero-order valence-corrected chi connectivity index (χ0v) is 16.1. The number of carboxylic acid groups (broad SMARTS) is 1. The molecule has 1 amide bonds. The normalized spacial score (nSPS) is 11.3. The van der Waals surface area contributed by atoms with Crippen LogP contribution >= 0.6 is 0 Å². The van der Waals surface area contributed by atoms with E-state index in [2.05, 4.69) is 10.6 Å². The van der Waals surface area contributed by atoms with Gasteiger partial charge in [0.25, 0.3) is 0 Å². The molecule has 3 aromatic rings. The van der Waals surface area contributed by atoms with E-state index in [0.717, 1.165) is 5.56 Å². The second kappa shape index (κ2) is 9.38. The molecule has 0 aliphatic carbocycles. The summed E-state index contributed by atoms with van der Waals surface area (Å²) in [4.78, 5) is 24.1. The zero-order valence-electron chi connectivity index (χ0n) is 16.1. The lowest BCUT2D eigenvalue weighted by Crippen LogP contribution is -2.33. The fraction of sp³-hybridized carbons (Fsp3) is 0.0870. The molecule has 1 atom stereocenters. The predicted molar refractivity (Wildman–Crippen MR) is 116 cm³/mol. The van der Waals surface area contributed by atoms with Crippen LogP contribution in [0.25, 0.3) is 0 Å². The molecule has 0 heterocycles. The molecule has 0 fully saturated rings. The number of carboxylic acids is 1. The van der Waals surface area contributed by atoms with E-state index >= 15 is 0 Å². The molecule has 0 radical (unpaired) electrons. The van der Waals surface area contributed by atoms with E-state index in [4.69, 9.17) is 16.2 Å². The van der Waals surface area contributed by atoms with E-state index in [9.17, 15) is 9.59 Å². The molecule has 0 aliphatic rings. The summed E-state index contributed by atoms with van der Waals surface area (Å²) in [5.74, 6) is -1.32. The number of hydrogen-bond donors (Lipinski definition) is 5. The number of carbonyl (C=O) groups excluding carboxylic acids is 1. The maximum atomic E-state index is 13.0. The maximum absolute atomic E-state index is 13.0. The van der Waals surface area contributed by atoms with Gasteiger partial charge in [-0.15, -0.1) is 0 Å². The second-order valence-electron chi connectivity index (χ2n) is 6.70. The van der Waals surface area contributed by atoms with Gasteiger partial charge in [0.15, 0.2) is 0 Å². The van der Waals surface area contributed by atoms with E-state index in [1.165, 1.54) is 12.1 Å². The van der Waals surface area contributed by atoms with Gasteiger partial charge in [-0.2, -0.15) is 0 Å². The molecular formula is C23H22N4O3. The maximum Gasteiger partial charge on any atom is 0.335 e. The first-order valence-electron chi connectivity index (χ1n) is 9.30. The minimum absolute atomic E-state index is 0.0389. The van der Waals surface area contributed by atoms with Gasteiger partial charge in [-0.25, -0.2) is 4.79 Å². The van der Waals surface area contributed by atoms with Crippen LogP contribution in [0.1, 0.15) is 33.1 Å². The number of carbonyl (C=O) groups is 2. The average molecular weight is 402 g/mol. The topological polar surface area (TPSA) is 128 Å². The van der Waals surface area contributed by atoms with Crippen LogP contribution in [0.3, 0.4) is 0 Å². The van der Waals surface area contributed by atoms with Gasteiger partial charge in [0, 0.05) is 17.8 Å². The van der Waals surface area contributed by atoms with Crippen LogP contribution in [0.4, 0.5) is 5.69 Å². The number of benzene rings is 3. The van der Waals surface area contributed by atoms with Crippen molar-refractivity contribution in [2.24, 2.45) is 5.73 Å². The Kier molecular flexibility index (Phi) is 6.44. The molecule has 0 aliphatic heterocycles. The number of nitrogens with one attached hydrogen (secondary N) is 3. The summed E-state index contributed by atoms with van der Waals surface area (Å²) in [5.41, 5.74) is 8.48. The third-order valence-corrected chi connectivity index (χ3v) is 4.57. The van der Waals surface area contributed by atoms with Crippen LogP contribution in [0.15, 0.2) is 78.9 Å². The largest absolute Gasteiger partial charge is 0.478 e. The quantitative estimate of drug-likeness (QED) is 0.292. The summed E-state index contributed by atoms with van der Waals surface area (Å²) < 4.78 is 0. The number of rotatable bonds is 8. The van der Waals surface area contributed by atoms with E-state index < -0.39 is 12.0 Å². The lowest BCUT2D eigenvalue weighted by atomic mass is 10.0. The van der Waals surface area contributed by atoms with Gasteiger partial charge >= 0.3 is 5.97 Å². The molecule has 0 saturated heterocycles. The first-order chi connectivity index (χ1) is 14.4. The van der Waals surface area contributed by atoms with Gasteiger partial charge in [0.05, 0.1) is 5.56 Å². The molecule has 3 aromatic carbocycles. The number of aromatic carboxylic acids is 1. The van der Waals surface area contributed by atoms with Crippen molar-refractivity contribution in [2.45, 2.75) is 12.6 Å². The molecule has 0 unspecified atom stereocenters. The Morgan fingerprint density at radius 3 is 2.07 bits per heavy atom. The van der Waals surface area contributed by atoms with E-state index in [0.29, 0.717) is 23.4 Å². The first kappa shape index (κ1) is 20.6. The van der Waals surface area contributed by atoms with Crippen LogP contribution in [0.5, 0.6) is 0 Å². The van der Waals surface area contributed by atoms with Gasteiger partial charge in [0.2, 0.25) is 5.91 Å². The molecule has 0 aromatic heterocycles. The van der Waals surface area contributed by atoms with E-state index in [-0.39, 0.29) is 17.3 Å². The van der Waals surface area contributed by atoms with Gasteiger partial charge in [-0.05, 0) is 47.5 Å². The smallest absolute Gasteiger partial charge is 0.335 e. The van der Waals surface area contributed by atoms with Crippen LogP contribution in [-0.2, 0) is 11.3 Å². The van der Waals surface area contributed by atoms with Crippen LogP contribution in [0, 0.1) is 5.41 Å². The summed E-state index contributed by atoms with van der Waals surface area (Å²) in [6.07, 6.45) is 0. The molecule has 6 N–H and O–H groups in total. The van der Waals surface area contributed by atoms with Crippen molar-refractivity contribution in [3.8, 4) is 0 Å². The summed E-state index contributed by atoms with van der Waals surface area (Å²) in [7, 11) is 0. The van der Waals surface area contributed by atoms with Gasteiger partial charge in [-0.3, -0.25) is 10.2 Å². The number of anilines is 1. The Morgan fingerprint density at radius 2 is 1.50 bits per heavy atom. The molecular weight excluding hydrogens is 380 g/mol. The third-order valence-electron chi connectivity index (χ3n) is 4.57. The fourth-order valence-corrected chi connectivity index (χ4v) is 2.92. The van der Waals surface area contributed by atoms with E-state index in [1.54, 1.807) is 36.4 Å². The number of amides is 1. The lowest BCUT2D eigenvalue weighted by molar-refractivity contribution is -0.122. The monoisotopic (exact) mass is 402 g/mol.